The topological polar surface area (TPSA) is 374 Å². The Hall–Kier alpha value is -6.11. The van der Waals surface area contributed by atoms with E-state index in [1.54, 1.807) is 39.8 Å². The number of phenolic OH excluding ortho intramolecular Hbond substituents is 1. The number of benzene rings is 1. The van der Waals surface area contributed by atoms with Gasteiger partial charge in [0.25, 0.3) is 0 Å². The molecule has 11 amide bonds. The molecule has 0 aromatic heterocycles. The van der Waals surface area contributed by atoms with Gasteiger partial charge in [0.1, 0.15) is 48.0 Å². The summed E-state index contributed by atoms with van der Waals surface area (Å²) in [5.41, 5.74) is 16.6. The van der Waals surface area contributed by atoms with E-state index in [0.29, 0.717) is 18.4 Å². The highest BCUT2D eigenvalue weighted by molar-refractivity contribution is 8.76. The van der Waals surface area contributed by atoms with E-state index in [-0.39, 0.29) is 49.5 Å². The Labute approximate surface area is 395 Å². The minimum atomic E-state index is -1.73. The molecule has 2 aliphatic heterocycles. The molecule has 14 N–H and O–H groups in total. The maximum Gasteiger partial charge on any atom is 0.246 e. The summed E-state index contributed by atoms with van der Waals surface area (Å²) in [5, 5.41) is 27.8. The first-order valence-corrected chi connectivity index (χ1v) is 24.4. The summed E-state index contributed by atoms with van der Waals surface area (Å²) in [6.07, 6.45) is -0.825. The molecule has 0 aliphatic carbocycles. The molecular formula is C42H63N11O12S2. The van der Waals surface area contributed by atoms with E-state index >= 15 is 0 Å². The Kier molecular flexibility index (Phi) is 22.2. The molecule has 8 atom stereocenters. The lowest BCUT2D eigenvalue weighted by Gasteiger charge is -2.31. The largest absolute Gasteiger partial charge is 0.508 e. The molecule has 0 radical (unpaired) electrons. The average molecular weight is 978 g/mol. The summed E-state index contributed by atoms with van der Waals surface area (Å²) >= 11 is 0. The van der Waals surface area contributed by atoms with Crippen molar-refractivity contribution in [3.63, 3.8) is 0 Å². The highest BCUT2D eigenvalue weighted by Gasteiger charge is 2.41. The van der Waals surface area contributed by atoms with Crippen LogP contribution in [-0.4, -0.2) is 142 Å². The van der Waals surface area contributed by atoms with E-state index in [9.17, 15) is 57.8 Å². The van der Waals surface area contributed by atoms with E-state index < -0.39 is 138 Å². The highest BCUT2D eigenvalue weighted by Crippen LogP contribution is 2.26. The Balaban J connectivity index is 2.02. The lowest BCUT2D eigenvalue weighted by Crippen LogP contribution is -2.61. The summed E-state index contributed by atoms with van der Waals surface area (Å²) < 4.78 is 0. The molecule has 0 spiro atoms. The lowest BCUT2D eigenvalue weighted by atomic mass is 9.96. The van der Waals surface area contributed by atoms with Gasteiger partial charge in [0.05, 0.1) is 13.0 Å². The molecule has 0 bridgehead atoms. The smallest absolute Gasteiger partial charge is 0.246 e. The van der Waals surface area contributed by atoms with Crippen LogP contribution in [0.15, 0.2) is 24.3 Å². The van der Waals surface area contributed by atoms with Crippen LogP contribution in [0.4, 0.5) is 0 Å². The van der Waals surface area contributed by atoms with Crippen molar-refractivity contribution < 1.29 is 57.8 Å². The van der Waals surface area contributed by atoms with Crippen molar-refractivity contribution in [3.05, 3.63) is 29.8 Å². The van der Waals surface area contributed by atoms with Crippen LogP contribution in [0.5, 0.6) is 5.75 Å². The van der Waals surface area contributed by atoms with Gasteiger partial charge in [-0.05, 0) is 48.8 Å². The summed E-state index contributed by atoms with van der Waals surface area (Å²) in [6.45, 7) is 6.36. The molecule has 67 heavy (non-hydrogen) atoms. The minimum Gasteiger partial charge on any atom is -0.508 e. The fraction of sp³-hybridized carbons (Fsp3) is 0.595. The third-order valence-corrected chi connectivity index (χ3v) is 13.5. The number of nitrogens with one attached hydrogen (secondary N) is 7. The van der Waals surface area contributed by atoms with Crippen molar-refractivity contribution in [2.75, 3.05) is 24.6 Å². The molecule has 2 saturated heterocycles. The number of phenols is 1. The van der Waals surface area contributed by atoms with Crippen LogP contribution in [-0.2, 0) is 59.2 Å². The van der Waals surface area contributed by atoms with E-state index in [2.05, 4.69) is 37.2 Å². The number of carbonyl (C=O) groups excluding carboxylic acids is 11. The fourth-order valence-corrected chi connectivity index (χ4v) is 9.27. The maximum absolute atomic E-state index is 14.4. The Morgan fingerprint density at radius 1 is 0.806 bits per heavy atom. The molecule has 25 heteroatoms. The lowest BCUT2D eigenvalue weighted by molar-refractivity contribution is -0.142. The van der Waals surface area contributed by atoms with Crippen LogP contribution < -0.4 is 54.4 Å². The van der Waals surface area contributed by atoms with Gasteiger partial charge in [-0.2, -0.15) is 0 Å². The second-order valence-electron chi connectivity index (χ2n) is 16.7. The SMILES string of the molecule is CC[C@H](C)[C@@H]1NC(=O)[C@H](Cc2ccc(O)cc2)NC(=O)CCSSC[C@@H](C(=O)N2CCC[C@H]2C(=O)N[C@H](C(=O)NCC(N)=O)C(C)C)NC(=O)[C@H](CC(N)=O)NC(=O)[C@H](CCC(N)=O)NC1=O. The zero-order chi connectivity index (χ0) is 50.0. The molecular weight excluding hydrogens is 915 g/mol. The van der Waals surface area contributed by atoms with Crippen molar-refractivity contribution >= 4 is 86.6 Å². The number of amides is 11. The number of hydrogen-bond acceptors (Lipinski definition) is 14. The number of primary amides is 3. The maximum atomic E-state index is 14.4. The van der Waals surface area contributed by atoms with Gasteiger partial charge in [-0.15, -0.1) is 0 Å². The molecule has 3 rings (SSSR count). The predicted molar refractivity (Wildman–Crippen MR) is 246 cm³/mol. The zero-order valence-electron chi connectivity index (χ0n) is 37.9. The molecule has 0 unspecified atom stereocenters. The average Bonchev–Trinajstić information content (AvgIpc) is 3.76. The monoisotopic (exact) mass is 977 g/mol. The standard InChI is InChI=1S/C42H63N11O12S2/c1-5-22(4)35-41(64)48-25(12-13-30(43)55)36(59)49-27(18-31(44)56)37(60)50-28(20-67-66-16-14-33(58)47-26(38(61)52-35)17-23-8-10-24(54)11-9-23)42(65)53-15-6-7-29(53)39(62)51-34(21(2)3)40(63)46-19-32(45)57/h8-11,21-22,25-29,34-35,54H,5-7,12-20H2,1-4H3,(H2,43,55)(H2,44,56)(H2,45,57)(H,46,63)(H,47,58)(H,48,64)(H,49,59)(H,50,60)(H,51,62)(H,52,61)/t22-,25-,26-,27-,28-,29-,34-,35-/m0/s1. The third-order valence-electron chi connectivity index (χ3n) is 11.0. The number of nitrogens with two attached hydrogens (primary N) is 3. The second-order valence-corrected chi connectivity index (χ2v) is 19.3. The summed E-state index contributed by atoms with van der Waals surface area (Å²) in [7, 11) is 2.23. The van der Waals surface area contributed by atoms with Crippen molar-refractivity contribution in [2.45, 2.75) is 121 Å². The van der Waals surface area contributed by atoms with Gasteiger partial charge >= 0.3 is 0 Å². The molecule has 1 aromatic carbocycles. The van der Waals surface area contributed by atoms with E-state index in [1.807, 2.05) is 0 Å². The Morgan fingerprint density at radius 2 is 1.45 bits per heavy atom. The van der Waals surface area contributed by atoms with Gasteiger partial charge in [0.15, 0.2) is 0 Å². The van der Waals surface area contributed by atoms with Gasteiger partial charge < -0.3 is 64.4 Å². The molecule has 23 nitrogen and oxygen atoms in total. The Morgan fingerprint density at radius 3 is 2.06 bits per heavy atom. The van der Waals surface area contributed by atoms with Crippen LogP contribution in [0, 0.1) is 11.8 Å². The van der Waals surface area contributed by atoms with Crippen LogP contribution in [0.1, 0.15) is 78.2 Å². The molecule has 370 valence electrons. The van der Waals surface area contributed by atoms with Gasteiger partial charge in [-0.3, -0.25) is 52.7 Å². The second kappa shape index (κ2) is 26.9. The van der Waals surface area contributed by atoms with Gasteiger partial charge in [-0.25, -0.2) is 0 Å². The van der Waals surface area contributed by atoms with Crippen LogP contribution >= 0.6 is 21.6 Å². The van der Waals surface area contributed by atoms with Crippen molar-refractivity contribution in [2.24, 2.45) is 29.0 Å². The van der Waals surface area contributed by atoms with Crippen LogP contribution in [0.2, 0.25) is 0 Å². The summed E-state index contributed by atoms with van der Waals surface area (Å²) in [6, 6.07) is -3.47. The van der Waals surface area contributed by atoms with Crippen molar-refractivity contribution in [1.82, 2.24) is 42.1 Å². The third kappa shape index (κ3) is 17.9. The number of hydrogen-bond donors (Lipinski definition) is 11. The number of aromatic hydroxyl groups is 1. The summed E-state index contributed by atoms with van der Waals surface area (Å²) in [4.78, 5) is 147. The van der Waals surface area contributed by atoms with Crippen molar-refractivity contribution in [1.29, 1.82) is 0 Å². The first-order valence-electron chi connectivity index (χ1n) is 21.9. The fourth-order valence-electron chi connectivity index (χ4n) is 7.13. The summed E-state index contributed by atoms with van der Waals surface area (Å²) in [5.74, 6) is -10.0. The number of carbonyl (C=O) groups is 11. The number of rotatable bonds is 16. The quantitative estimate of drug-likeness (QED) is 0.0739. The predicted octanol–water partition coefficient (Wildman–Crippen LogP) is -2.94. The first-order chi connectivity index (χ1) is 31.6. The van der Waals surface area contributed by atoms with Gasteiger partial charge in [0, 0.05) is 37.3 Å². The molecule has 2 heterocycles. The molecule has 2 aliphatic rings. The van der Waals surface area contributed by atoms with E-state index in [4.69, 9.17) is 17.2 Å². The normalized spacial score (nSPS) is 23.5. The number of nitrogens with zero attached hydrogens (tertiary/aromatic N) is 1. The first kappa shape index (κ1) is 55.2. The molecule has 2 fully saturated rings. The van der Waals surface area contributed by atoms with Crippen LogP contribution in [0.25, 0.3) is 0 Å². The van der Waals surface area contributed by atoms with Gasteiger partial charge in [-0.1, -0.05) is 67.8 Å². The van der Waals surface area contributed by atoms with Crippen molar-refractivity contribution in [3.8, 4) is 5.75 Å². The zero-order valence-corrected chi connectivity index (χ0v) is 39.6. The number of likely N-dealkylation sites (tertiary alicyclic amines) is 1. The van der Waals surface area contributed by atoms with E-state index in [1.165, 1.54) is 17.0 Å². The Bertz CT molecular complexity index is 1990. The molecule has 1 aromatic rings. The van der Waals surface area contributed by atoms with Crippen LogP contribution in [0.3, 0.4) is 0 Å². The molecule has 0 saturated carbocycles. The highest BCUT2D eigenvalue weighted by atomic mass is 33.1. The van der Waals surface area contributed by atoms with E-state index in [0.717, 1.165) is 21.6 Å². The van der Waals surface area contributed by atoms with Gasteiger partial charge in [0.2, 0.25) is 65.0 Å². The minimum absolute atomic E-state index is 0.0259.